The molecule has 0 saturated heterocycles. The minimum absolute atomic E-state index is 0.0930. The van der Waals surface area contributed by atoms with Crippen LogP contribution in [-0.2, 0) is 18.1 Å². The zero-order chi connectivity index (χ0) is 26.0. The molecule has 2 aromatic carbocycles. The van der Waals surface area contributed by atoms with E-state index in [2.05, 4.69) is 4.31 Å². The van der Waals surface area contributed by atoms with Crippen molar-refractivity contribution in [2.24, 2.45) is 0 Å². The molecule has 3 N–H and O–H groups in total. The van der Waals surface area contributed by atoms with Crippen LogP contribution in [0.25, 0.3) is 0 Å². The summed E-state index contributed by atoms with van der Waals surface area (Å²) in [6.45, 7) is 5.70. The summed E-state index contributed by atoms with van der Waals surface area (Å²) in [5, 5.41) is 0.984. The minimum Gasteiger partial charge on any atom is -0.302 e. The van der Waals surface area contributed by atoms with Crippen LogP contribution >= 0.6 is 15.6 Å². The molecule has 0 fully saturated rings. The first kappa shape index (κ1) is 27.5. The highest BCUT2D eigenvalue weighted by Gasteiger charge is 2.37. The standard InChI is InChI=1S/C22H28N2O9P2/c1-4-13-24(5-2,14-12-23(3)32-35(30,31)33-34(27,28)29)16-10-11-19-20(15-16)22(26)18-9-7-6-8-17(18)21(19)25/h6-11,15H,4-5,12-14H2,1-3H3,(H2-,27,28,29,30,31)/p+1. The van der Waals surface area contributed by atoms with Crippen LogP contribution in [0.2, 0.25) is 0 Å². The van der Waals surface area contributed by atoms with Gasteiger partial charge in [0.25, 0.3) is 0 Å². The molecule has 3 rings (SSSR count). The lowest BCUT2D eigenvalue weighted by molar-refractivity contribution is -0.0607. The van der Waals surface area contributed by atoms with E-state index in [1.165, 1.54) is 7.05 Å². The Morgan fingerprint density at radius 3 is 2.00 bits per heavy atom. The van der Waals surface area contributed by atoms with Gasteiger partial charge in [-0.15, -0.1) is 0 Å². The molecule has 0 saturated carbocycles. The number of rotatable bonds is 11. The van der Waals surface area contributed by atoms with E-state index < -0.39 is 15.6 Å². The third-order valence-corrected chi connectivity index (χ3v) is 8.17. The Labute approximate surface area is 203 Å². The molecule has 0 radical (unpaired) electrons. The molecule has 2 atom stereocenters. The van der Waals surface area contributed by atoms with Crippen molar-refractivity contribution in [2.45, 2.75) is 20.3 Å². The maximum absolute atomic E-state index is 13.2. The molecule has 0 amide bonds. The molecule has 35 heavy (non-hydrogen) atoms. The third-order valence-electron chi connectivity index (χ3n) is 6.01. The van der Waals surface area contributed by atoms with Crippen LogP contribution in [0.5, 0.6) is 0 Å². The number of fused-ring (bicyclic) bond motifs is 2. The van der Waals surface area contributed by atoms with E-state index in [0.717, 1.165) is 17.2 Å². The number of ketones is 2. The molecule has 0 heterocycles. The molecule has 0 bridgehead atoms. The average Bonchev–Trinajstić information content (AvgIpc) is 2.78. The van der Waals surface area contributed by atoms with Crippen LogP contribution < -0.4 is 4.48 Å². The highest BCUT2D eigenvalue weighted by atomic mass is 31.3. The quantitative estimate of drug-likeness (QED) is 0.193. The maximum atomic E-state index is 13.2. The monoisotopic (exact) mass is 527 g/mol. The number of phosphoric acid groups is 2. The number of hydrogen-bond acceptors (Lipinski definition) is 7. The van der Waals surface area contributed by atoms with Gasteiger partial charge in [-0.25, -0.2) is 9.13 Å². The Kier molecular flexibility index (Phi) is 8.28. The molecule has 0 aromatic heterocycles. The molecular weight excluding hydrogens is 498 g/mol. The number of quaternary nitrogens is 1. The molecule has 0 aliphatic heterocycles. The Morgan fingerprint density at radius 1 is 0.886 bits per heavy atom. The van der Waals surface area contributed by atoms with Gasteiger partial charge in [-0.3, -0.25) is 14.1 Å². The normalized spacial score (nSPS) is 17.0. The number of hydrogen-bond donors (Lipinski definition) is 3. The molecule has 0 spiro atoms. The predicted octanol–water partition coefficient (Wildman–Crippen LogP) is 3.27. The zero-order valence-corrected chi connectivity index (χ0v) is 21.4. The fourth-order valence-corrected chi connectivity index (χ4v) is 6.01. The summed E-state index contributed by atoms with van der Waals surface area (Å²) < 4.78 is 31.7. The van der Waals surface area contributed by atoms with E-state index in [4.69, 9.17) is 14.4 Å². The summed E-state index contributed by atoms with van der Waals surface area (Å²) in [5.41, 5.74) is 2.22. The Hall–Kier alpha value is -2.04. The van der Waals surface area contributed by atoms with Crippen LogP contribution in [0.3, 0.4) is 0 Å². The molecule has 1 aliphatic carbocycles. The van der Waals surface area contributed by atoms with Gasteiger partial charge >= 0.3 is 15.6 Å². The molecular formula is C22H29N2O9P2+. The van der Waals surface area contributed by atoms with E-state index in [-0.39, 0.29) is 18.1 Å². The lowest BCUT2D eigenvalue weighted by atomic mass is 9.83. The van der Waals surface area contributed by atoms with Crippen molar-refractivity contribution in [1.82, 2.24) is 9.55 Å². The minimum atomic E-state index is -5.23. The first-order chi connectivity index (χ1) is 16.3. The number of likely N-dealkylation sites (N-methyl/N-ethyl adjacent to an activating group) is 2. The van der Waals surface area contributed by atoms with Crippen LogP contribution in [0.4, 0.5) is 5.69 Å². The van der Waals surface area contributed by atoms with Crippen molar-refractivity contribution in [3.05, 3.63) is 64.7 Å². The molecule has 1 aliphatic rings. The summed E-state index contributed by atoms with van der Waals surface area (Å²) in [5.74, 6) is -0.428. The lowest BCUT2D eigenvalue weighted by Crippen LogP contribution is -2.53. The summed E-state index contributed by atoms with van der Waals surface area (Å²) in [7, 11) is -8.93. The smallest absolute Gasteiger partial charge is 0.302 e. The molecule has 190 valence electrons. The largest absolute Gasteiger partial charge is 0.497 e. The second kappa shape index (κ2) is 10.5. The van der Waals surface area contributed by atoms with Crippen molar-refractivity contribution in [1.29, 1.82) is 0 Å². The van der Waals surface area contributed by atoms with Crippen LogP contribution in [-0.4, -0.2) is 64.5 Å². The second-order valence-corrected chi connectivity index (χ2v) is 11.1. The highest BCUT2D eigenvalue weighted by Crippen LogP contribution is 2.57. The molecule has 2 aromatic rings. The summed E-state index contributed by atoms with van der Waals surface area (Å²) in [4.78, 5) is 53.3. The van der Waals surface area contributed by atoms with E-state index in [1.807, 2.05) is 19.9 Å². The van der Waals surface area contributed by atoms with Crippen LogP contribution in [0.1, 0.15) is 52.1 Å². The Bertz CT molecular complexity index is 1230. The van der Waals surface area contributed by atoms with Crippen molar-refractivity contribution < 1.29 is 42.3 Å². The first-order valence-corrected chi connectivity index (χ1v) is 14.0. The maximum Gasteiger partial charge on any atom is 0.497 e. The van der Waals surface area contributed by atoms with Gasteiger partial charge in [0.15, 0.2) is 11.6 Å². The van der Waals surface area contributed by atoms with Gasteiger partial charge < -0.3 is 14.7 Å². The highest BCUT2D eigenvalue weighted by molar-refractivity contribution is 7.60. The number of nitrogens with zero attached hydrogens (tertiary/aromatic N) is 2. The van der Waals surface area contributed by atoms with Crippen molar-refractivity contribution in [3.8, 4) is 0 Å². The lowest BCUT2D eigenvalue weighted by Gasteiger charge is -2.38. The number of carbonyl (C=O) groups excluding carboxylic acids is 2. The zero-order valence-electron chi connectivity index (χ0n) is 19.7. The van der Waals surface area contributed by atoms with Gasteiger partial charge in [-0.2, -0.15) is 14.0 Å². The van der Waals surface area contributed by atoms with E-state index >= 15 is 0 Å². The molecule has 11 nitrogen and oxygen atoms in total. The first-order valence-electron chi connectivity index (χ1n) is 11.0. The number of carbonyl (C=O) groups is 2. The van der Waals surface area contributed by atoms with E-state index in [9.17, 15) is 23.6 Å². The van der Waals surface area contributed by atoms with Crippen molar-refractivity contribution in [3.63, 3.8) is 0 Å². The Balaban J connectivity index is 1.88. The van der Waals surface area contributed by atoms with Crippen molar-refractivity contribution >= 4 is 32.9 Å². The van der Waals surface area contributed by atoms with Gasteiger partial charge in [-0.1, -0.05) is 31.2 Å². The van der Waals surface area contributed by atoms with Gasteiger partial charge in [-0.05, 0) is 25.5 Å². The van der Waals surface area contributed by atoms with Gasteiger partial charge in [0.1, 0.15) is 5.69 Å². The van der Waals surface area contributed by atoms with E-state index in [0.29, 0.717) is 46.4 Å². The van der Waals surface area contributed by atoms with Gasteiger partial charge in [0, 0.05) is 35.4 Å². The SMILES string of the molecule is CCC[N+](CC)(CCN(C)OP(=O)(O)OP(=O)(O)O)c1ccc2c(c1)C(=O)c1ccccc1C2=O. The van der Waals surface area contributed by atoms with Crippen molar-refractivity contribution in [2.75, 3.05) is 33.2 Å². The summed E-state index contributed by atoms with van der Waals surface area (Å²) >= 11 is 0. The summed E-state index contributed by atoms with van der Waals surface area (Å²) in [6.07, 6.45) is 0.783. The van der Waals surface area contributed by atoms with Gasteiger partial charge in [0.2, 0.25) is 0 Å². The molecule has 2 unspecified atom stereocenters. The second-order valence-electron chi connectivity index (χ2n) is 8.32. The third kappa shape index (κ3) is 6.21. The average molecular weight is 527 g/mol. The Morgan fingerprint density at radius 2 is 1.46 bits per heavy atom. The van der Waals surface area contributed by atoms with E-state index in [1.54, 1.807) is 36.4 Å². The summed E-state index contributed by atoms with van der Waals surface area (Å²) in [6, 6.07) is 11.9. The number of benzene rings is 2. The topological polar surface area (TPSA) is 151 Å². The predicted molar refractivity (Wildman–Crippen MR) is 129 cm³/mol. The fourth-order valence-electron chi connectivity index (χ4n) is 4.38. The van der Waals surface area contributed by atoms with Crippen LogP contribution in [0, 0.1) is 0 Å². The fraction of sp³-hybridized carbons (Fsp3) is 0.364. The van der Waals surface area contributed by atoms with Crippen LogP contribution in [0.15, 0.2) is 42.5 Å². The number of hydroxylamine groups is 2. The van der Waals surface area contributed by atoms with Gasteiger partial charge in [0.05, 0.1) is 26.2 Å². The molecule has 13 heteroatoms.